The van der Waals surface area contributed by atoms with Gasteiger partial charge in [0.1, 0.15) is 6.61 Å². The van der Waals surface area contributed by atoms with E-state index in [1.807, 2.05) is 34.6 Å². The fourth-order valence-corrected chi connectivity index (χ4v) is 0.796. The van der Waals surface area contributed by atoms with Gasteiger partial charge in [0, 0.05) is 6.54 Å². The van der Waals surface area contributed by atoms with Crippen molar-refractivity contribution in [3.8, 4) is 0 Å². The monoisotopic (exact) mass is 321 g/mol. The summed E-state index contributed by atoms with van der Waals surface area (Å²) in [4.78, 5) is 10.8. The predicted octanol–water partition coefficient (Wildman–Crippen LogP) is 3.83. The van der Waals surface area contributed by atoms with Crippen LogP contribution in [0.15, 0.2) is 0 Å². The summed E-state index contributed by atoms with van der Waals surface area (Å²) in [5.74, 6) is -9.21. The maximum absolute atomic E-state index is 12.7. The minimum atomic E-state index is -4.61. The number of halogens is 4. The SMILES string of the molecule is CC.CC.CCCCNC(=O)OCC(F)(F)C(F)(F)CO. The molecule has 2 N–H and O–H groups in total. The van der Waals surface area contributed by atoms with E-state index in [1.54, 1.807) is 0 Å². The first-order valence-corrected chi connectivity index (χ1v) is 7.04. The number of aliphatic hydroxyl groups excluding tert-OH is 1. The number of hydrogen-bond donors (Lipinski definition) is 2. The summed E-state index contributed by atoms with van der Waals surface area (Å²) in [6, 6.07) is 0. The Bertz CT molecular complexity index is 252. The average molecular weight is 321 g/mol. The van der Waals surface area contributed by atoms with Crippen LogP contribution in [0.5, 0.6) is 0 Å². The lowest BCUT2D eigenvalue weighted by Gasteiger charge is -2.24. The van der Waals surface area contributed by atoms with Gasteiger partial charge in [-0.05, 0) is 6.42 Å². The van der Waals surface area contributed by atoms with Crippen LogP contribution in [0.25, 0.3) is 0 Å². The van der Waals surface area contributed by atoms with Crippen molar-refractivity contribution in [2.45, 2.75) is 59.3 Å². The van der Waals surface area contributed by atoms with E-state index < -0.39 is 31.2 Å². The van der Waals surface area contributed by atoms with E-state index in [0.717, 1.165) is 6.42 Å². The molecule has 0 aliphatic carbocycles. The van der Waals surface area contributed by atoms with Crippen LogP contribution in [-0.4, -0.2) is 42.8 Å². The van der Waals surface area contributed by atoms with Crippen LogP contribution in [0.1, 0.15) is 47.5 Å². The molecular formula is C13H27F4NO3. The quantitative estimate of drug-likeness (QED) is 0.553. The highest BCUT2D eigenvalue weighted by molar-refractivity contribution is 5.67. The van der Waals surface area contributed by atoms with E-state index in [-0.39, 0.29) is 6.54 Å². The number of nitrogens with one attached hydrogen (secondary N) is 1. The molecule has 0 aromatic heterocycles. The summed E-state index contributed by atoms with van der Waals surface area (Å²) in [5.41, 5.74) is 0. The van der Waals surface area contributed by atoms with E-state index >= 15 is 0 Å². The molecule has 0 unspecified atom stereocenters. The molecule has 0 aromatic rings. The van der Waals surface area contributed by atoms with E-state index in [9.17, 15) is 22.4 Å². The van der Waals surface area contributed by atoms with Crippen LogP contribution in [0.4, 0.5) is 22.4 Å². The number of ether oxygens (including phenoxy) is 1. The molecule has 0 saturated carbocycles. The molecule has 0 aliphatic rings. The van der Waals surface area contributed by atoms with Crippen molar-refractivity contribution >= 4 is 6.09 Å². The van der Waals surface area contributed by atoms with Gasteiger partial charge in [-0.25, -0.2) is 4.79 Å². The summed E-state index contributed by atoms with van der Waals surface area (Å²) in [6.45, 7) is 6.28. The normalized spacial score (nSPS) is 10.6. The summed E-state index contributed by atoms with van der Waals surface area (Å²) in [7, 11) is 0. The number of amides is 1. The predicted molar refractivity (Wildman–Crippen MR) is 73.9 cm³/mol. The molecule has 0 heterocycles. The first-order valence-electron chi connectivity index (χ1n) is 7.04. The maximum atomic E-state index is 12.7. The minimum absolute atomic E-state index is 0.220. The highest BCUT2D eigenvalue weighted by Crippen LogP contribution is 2.33. The second-order valence-corrected chi connectivity index (χ2v) is 3.42. The molecule has 0 bridgehead atoms. The first-order chi connectivity index (χ1) is 9.77. The Labute approximate surface area is 123 Å². The molecule has 8 heteroatoms. The zero-order valence-electron chi connectivity index (χ0n) is 13.3. The van der Waals surface area contributed by atoms with Gasteiger partial charge in [-0.1, -0.05) is 41.0 Å². The molecule has 130 valence electrons. The van der Waals surface area contributed by atoms with Crippen LogP contribution in [0.2, 0.25) is 0 Å². The molecule has 0 spiro atoms. The molecule has 21 heavy (non-hydrogen) atoms. The average Bonchev–Trinajstić information content (AvgIpc) is 2.49. The molecule has 0 radical (unpaired) electrons. The molecule has 0 aliphatic heterocycles. The second-order valence-electron chi connectivity index (χ2n) is 3.42. The zero-order chi connectivity index (χ0) is 17.5. The lowest BCUT2D eigenvalue weighted by molar-refractivity contribution is -0.238. The lowest BCUT2D eigenvalue weighted by Crippen LogP contribution is -2.48. The summed E-state index contributed by atoms with van der Waals surface area (Å²) in [5, 5.41) is 10.2. The molecule has 0 rings (SSSR count). The largest absolute Gasteiger partial charge is 0.443 e. The Balaban J connectivity index is -0.000000739. The summed E-state index contributed by atoms with van der Waals surface area (Å²) >= 11 is 0. The molecule has 1 amide bonds. The minimum Gasteiger partial charge on any atom is -0.443 e. The molecule has 0 atom stereocenters. The molecule has 0 saturated heterocycles. The van der Waals surface area contributed by atoms with Gasteiger partial charge in [0.15, 0.2) is 6.61 Å². The van der Waals surface area contributed by atoms with E-state index in [0.29, 0.717) is 6.42 Å². The Morgan fingerprint density at radius 3 is 1.95 bits per heavy atom. The van der Waals surface area contributed by atoms with E-state index in [2.05, 4.69) is 10.1 Å². The van der Waals surface area contributed by atoms with Gasteiger partial charge < -0.3 is 15.2 Å². The third kappa shape index (κ3) is 11.3. The Hall–Kier alpha value is -1.05. The molecular weight excluding hydrogens is 294 g/mol. The number of rotatable bonds is 7. The van der Waals surface area contributed by atoms with Gasteiger partial charge >= 0.3 is 17.9 Å². The number of unbranched alkanes of at least 4 members (excludes halogenated alkanes) is 1. The van der Waals surface area contributed by atoms with Crippen LogP contribution < -0.4 is 5.32 Å². The van der Waals surface area contributed by atoms with Crippen molar-refractivity contribution < 1.29 is 32.2 Å². The zero-order valence-corrected chi connectivity index (χ0v) is 13.3. The van der Waals surface area contributed by atoms with Crippen LogP contribution in [0, 0.1) is 0 Å². The molecule has 0 fully saturated rings. The van der Waals surface area contributed by atoms with Crippen molar-refractivity contribution in [3.05, 3.63) is 0 Å². The molecule has 0 aromatic carbocycles. The van der Waals surface area contributed by atoms with E-state index in [4.69, 9.17) is 5.11 Å². The second kappa shape index (κ2) is 13.9. The lowest BCUT2D eigenvalue weighted by atomic mass is 10.2. The van der Waals surface area contributed by atoms with Crippen molar-refractivity contribution in [1.29, 1.82) is 0 Å². The molecule has 4 nitrogen and oxygen atoms in total. The van der Waals surface area contributed by atoms with E-state index in [1.165, 1.54) is 0 Å². The summed E-state index contributed by atoms with van der Waals surface area (Å²) in [6.07, 6.45) is 0.212. The number of alkyl halides is 4. The van der Waals surface area contributed by atoms with Gasteiger partial charge in [-0.2, -0.15) is 17.6 Å². The van der Waals surface area contributed by atoms with Crippen molar-refractivity contribution in [2.24, 2.45) is 0 Å². The van der Waals surface area contributed by atoms with Gasteiger partial charge in [0.2, 0.25) is 0 Å². The van der Waals surface area contributed by atoms with Gasteiger partial charge in [-0.15, -0.1) is 0 Å². The van der Waals surface area contributed by atoms with Gasteiger partial charge in [0.05, 0.1) is 0 Å². The first kappa shape index (κ1) is 24.9. The number of aliphatic hydroxyl groups is 1. The number of carbonyl (C=O) groups is 1. The van der Waals surface area contributed by atoms with Crippen molar-refractivity contribution in [2.75, 3.05) is 19.8 Å². The van der Waals surface area contributed by atoms with Gasteiger partial charge in [0.25, 0.3) is 0 Å². The smallest absolute Gasteiger partial charge is 0.407 e. The number of alkyl carbamates (subject to hydrolysis) is 1. The Morgan fingerprint density at radius 2 is 1.57 bits per heavy atom. The van der Waals surface area contributed by atoms with Crippen molar-refractivity contribution in [1.82, 2.24) is 5.32 Å². The highest BCUT2D eigenvalue weighted by Gasteiger charge is 2.56. The number of carbonyl (C=O) groups excluding carboxylic acids is 1. The van der Waals surface area contributed by atoms with Crippen LogP contribution in [-0.2, 0) is 4.74 Å². The third-order valence-corrected chi connectivity index (χ3v) is 1.92. The number of hydrogen-bond acceptors (Lipinski definition) is 3. The summed E-state index contributed by atoms with van der Waals surface area (Å²) < 4.78 is 54.4. The fourth-order valence-electron chi connectivity index (χ4n) is 0.796. The maximum Gasteiger partial charge on any atom is 0.407 e. The van der Waals surface area contributed by atoms with Gasteiger partial charge in [-0.3, -0.25) is 0 Å². The van der Waals surface area contributed by atoms with Crippen molar-refractivity contribution in [3.63, 3.8) is 0 Å². The topological polar surface area (TPSA) is 58.6 Å². The highest BCUT2D eigenvalue weighted by atomic mass is 19.3. The standard InChI is InChI=1S/C9H15F4NO3.2C2H6/c1-2-3-4-14-7(16)17-6-9(12,13)8(10,11)5-15;2*1-2/h15H,2-6H2,1H3,(H,14,16);2*1-2H3. The third-order valence-electron chi connectivity index (χ3n) is 1.92. The Kier molecular flexibility index (Phi) is 16.5. The Morgan fingerprint density at radius 1 is 1.10 bits per heavy atom. The van der Waals surface area contributed by atoms with Crippen LogP contribution >= 0.6 is 0 Å². The fraction of sp³-hybridized carbons (Fsp3) is 0.923. The van der Waals surface area contributed by atoms with Crippen LogP contribution in [0.3, 0.4) is 0 Å².